The molecule has 1 amide bonds. The number of anilines is 1. The van der Waals surface area contributed by atoms with Crippen LogP contribution in [0.25, 0.3) is 0 Å². The highest BCUT2D eigenvalue weighted by molar-refractivity contribution is 5.89. The number of amides is 1. The van der Waals surface area contributed by atoms with Crippen molar-refractivity contribution in [2.24, 2.45) is 5.92 Å². The van der Waals surface area contributed by atoms with Crippen molar-refractivity contribution in [1.29, 1.82) is 0 Å². The fraction of sp³-hybridized carbons (Fsp3) is 0.500. The van der Waals surface area contributed by atoms with Gasteiger partial charge in [0.25, 0.3) is 0 Å². The van der Waals surface area contributed by atoms with Gasteiger partial charge in [0, 0.05) is 12.6 Å². The van der Waals surface area contributed by atoms with Crippen LogP contribution < -0.4 is 4.90 Å². The third kappa shape index (κ3) is 4.16. The Labute approximate surface area is 166 Å². The van der Waals surface area contributed by atoms with Gasteiger partial charge in [0.1, 0.15) is 24.1 Å². The molecule has 0 N–H and O–H groups in total. The highest BCUT2D eigenvalue weighted by Crippen LogP contribution is 2.28. The number of hydrogen-bond acceptors (Lipinski definition) is 4. The van der Waals surface area contributed by atoms with E-state index < -0.39 is 0 Å². The number of benzene rings is 1. The van der Waals surface area contributed by atoms with Crippen LogP contribution in [0.1, 0.15) is 63.4 Å². The number of aromatic nitrogens is 2. The van der Waals surface area contributed by atoms with Crippen molar-refractivity contribution < 1.29 is 13.9 Å². The van der Waals surface area contributed by atoms with Crippen molar-refractivity contribution in [1.82, 2.24) is 9.97 Å². The van der Waals surface area contributed by atoms with Crippen LogP contribution in [0.4, 0.5) is 15.0 Å². The first-order valence-electron chi connectivity index (χ1n) is 9.85. The van der Waals surface area contributed by atoms with Crippen molar-refractivity contribution in [3.8, 4) is 0 Å². The number of carbonyl (C=O) groups is 1. The number of nitrogens with zero attached hydrogens (tertiary/aromatic N) is 3. The van der Waals surface area contributed by atoms with E-state index in [0.29, 0.717) is 30.2 Å². The summed E-state index contributed by atoms with van der Waals surface area (Å²) >= 11 is 0. The van der Waals surface area contributed by atoms with E-state index in [1.165, 1.54) is 0 Å². The first-order chi connectivity index (χ1) is 13.3. The van der Waals surface area contributed by atoms with E-state index in [9.17, 15) is 9.18 Å². The van der Waals surface area contributed by atoms with Gasteiger partial charge in [0.05, 0.1) is 6.04 Å². The smallest absolute Gasteiger partial charge is 0.415 e. The van der Waals surface area contributed by atoms with E-state index in [4.69, 9.17) is 4.74 Å². The SMILES string of the molecule is CC(C)c1ccc([C@H](C)Cc2nccc(N3C(=O)OC[C@@H]3C(C)C)n2)c(F)c1. The summed E-state index contributed by atoms with van der Waals surface area (Å²) in [5.74, 6) is 1.37. The van der Waals surface area contributed by atoms with Gasteiger partial charge < -0.3 is 4.74 Å². The normalized spacial score (nSPS) is 18.1. The van der Waals surface area contributed by atoms with E-state index in [1.807, 2.05) is 46.8 Å². The first kappa shape index (κ1) is 20.2. The molecule has 1 aliphatic heterocycles. The van der Waals surface area contributed by atoms with Crippen LogP contribution >= 0.6 is 0 Å². The molecule has 0 saturated carbocycles. The zero-order valence-corrected chi connectivity index (χ0v) is 17.1. The molecule has 0 unspecified atom stereocenters. The predicted octanol–water partition coefficient (Wildman–Crippen LogP) is 5.07. The largest absolute Gasteiger partial charge is 0.447 e. The van der Waals surface area contributed by atoms with Crippen LogP contribution in [-0.4, -0.2) is 28.7 Å². The molecule has 0 spiro atoms. The van der Waals surface area contributed by atoms with E-state index in [2.05, 4.69) is 9.97 Å². The molecule has 1 saturated heterocycles. The number of hydrogen-bond donors (Lipinski definition) is 0. The summed E-state index contributed by atoms with van der Waals surface area (Å²) in [6.45, 7) is 10.5. The van der Waals surface area contributed by atoms with Crippen molar-refractivity contribution in [2.75, 3.05) is 11.5 Å². The lowest BCUT2D eigenvalue weighted by Crippen LogP contribution is -2.37. The van der Waals surface area contributed by atoms with E-state index in [-0.39, 0.29) is 35.7 Å². The Balaban J connectivity index is 1.80. The van der Waals surface area contributed by atoms with Crippen LogP contribution in [0.5, 0.6) is 0 Å². The number of halogens is 1. The third-order valence-electron chi connectivity index (χ3n) is 5.32. The number of carbonyl (C=O) groups excluding carboxylic acids is 1. The summed E-state index contributed by atoms with van der Waals surface area (Å²) in [4.78, 5) is 22.7. The van der Waals surface area contributed by atoms with Crippen LogP contribution in [0.15, 0.2) is 30.5 Å². The number of cyclic esters (lactones) is 1. The Morgan fingerprint density at radius 1 is 1.21 bits per heavy atom. The van der Waals surface area contributed by atoms with Crippen LogP contribution in [0.2, 0.25) is 0 Å². The van der Waals surface area contributed by atoms with E-state index in [0.717, 1.165) is 5.56 Å². The molecule has 6 heteroatoms. The van der Waals surface area contributed by atoms with Gasteiger partial charge in [-0.05, 0) is 41.0 Å². The topological polar surface area (TPSA) is 55.3 Å². The predicted molar refractivity (Wildman–Crippen MR) is 107 cm³/mol. The Bertz CT molecular complexity index is 853. The van der Waals surface area contributed by atoms with Gasteiger partial charge in [-0.3, -0.25) is 4.90 Å². The molecule has 1 aliphatic rings. The first-order valence-corrected chi connectivity index (χ1v) is 9.85. The molecular weight excluding hydrogens is 357 g/mol. The molecule has 5 nitrogen and oxygen atoms in total. The molecule has 3 rings (SSSR count). The second kappa shape index (κ2) is 8.25. The fourth-order valence-corrected chi connectivity index (χ4v) is 3.50. The average molecular weight is 385 g/mol. The molecule has 28 heavy (non-hydrogen) atoms. The molecule has 2 atom stereocenters. The van der Waals surface area contributed by atoms with Crippen molar-refractivity contribution in [3.05, 3.63) is 53.2 Å². The van der Waals surface area contributed by atoms with Gasteiger partial charge in [-0.25, -0.2) is 19.2 Å². The highest BCUT2D eigenvalue weighted by Gasteiger charge is 2.37. The zero-order valence-electron chi connectivity index (χ0n) is 17.1. The van der Waals surface area contributed by atoms with E-state index >= 15 is 0 Å². The Morgan fingerprint density at radius 3 is 2.61 bits per heavy atom. The van der Waals surface area contributed by atoms with Gasteiger partial charge in [0.15, 0.2) is 0 Å². The standard InChI is InChI=1S/C22H28FN3O2/c1-13(2)16-6-7-17(18(23)11-16)15(5)10-20-24-9-8-21(25-20)26-19(14(3)4)12-28-22(26)27/h6-9,11,13-15,19H,10,12H2,1-5H3/t15-,19-/m1/s1. The van der Waals surface area contributed by atoms with Crippen LogP contribution in [0, 0.1) is 11.7 Å². The molecule has 0 radical (unpaired) electrons. The Kier molecular flexibility index (Phi) is 5.96. The number of rotatable bonds is 6. The molecular formula is C22H28FN3O2. The molecule has 1 aromatic heterocycles. The maximum absolute atomic E-state index is 14.6. The van der Waals surface area contributed by atoms with Crippen molar-refractivity contribution in [2.45, 2.75) is 58.9 Å². The van der Waals surface area contributed by atoms with Crippen LogP contribution in [-0.2, 0) is 11.2 Å². The molecule has 0 aliphatic carbocycles. The minimum atomic E-state index is -0.383. The summed E-state index contributed by atoms with van der Waals surface area (Å²) in [5, 5.41) is 0. The van der Waals surface area contributed by atoms with Gasteiger partial charge in [-0.2, -0.15) is 0 Å². The number of ether oxygens (including phenoxy) is 1. The third-order valence-corrected chi connectivity index (χ3v) is 5.32. The minimum Gasteiger partial charge on any atom is -0.447 e. The molecule has 1 aromatic carbocycles. The maximum Gasteiger partial charge on any atom is 0.415 e. The lowest BCUT2D eigenvalue weighted by molar-refractivity contribution is 0.177. The van der Waals surface area contributed by atoms with E-state index in [1.54, 1.807) is 23.2 Å². The summed E-state index contributed by atoms with van der Waals surface area (Å²) in [6.07, 6.45) is 1.75. The monoisotopic (exact) mass is 385 g/mol. The minimum absolute atomic E-state index is 0.0475. The molecule has 2 aromatic rings. The maximum atomic E-state index is 14.6. The van der Waals surface area contributed by atoms with Gasteiger partial charge in [0.2, 0.25) is 0 Å². The lowest BCUT2D eigenvalue weighted by atomic mass is 9.93. The van der Waals surface area contributed by atoms with Crippen LogP contribution in [0.3, 0.4) is 0 Å². The fourth-order valence-electron chi connectivity index (χ4n) is 3.50. The summed E-state index contributed by atoms with van der Waals surface area (Å²) in [7, 11) is 0. The summed E-state index contributed by atoms with van der Waals surface area (Å²) in [5.41, 5.74) is 1.64. The Hall–Kier alpha value is -2.50. The quantitative estimate of drug-likeness (QED) is 0.697. The molecule has 150 valence electrons. The lowest BCUT2D eigenvalue weighted by Gasteiger charge is -2.23. The van der Waals surface area contributed by atoms with Crippen molar-refractivity contribution in [3.63, 3.8) is 0 Å². The van der Waals surface area contributed by atoms with Gasteiger partial charge in [-0.1, -0.05) is 46.8 Å². The summed E-state index contributed by atoms with van der Waals surface area (Å²) in [6, 6.07) is 7.11. The average Bonchev–Trinajstić information content (AvgIpc) is 3.03. The summed E-state index contributed by atoms with van der Waals surface area (Å²) < 4.78 is 19.8. The van der Waals surface area contributed by atoms with Crippen molar-refractivity contribution >= 4 is 11.9 Å². The highest BCUT2D eigenvalue weighted by atomic mass is 19.1. The van der Waals surface area contributed by atoms with Gasteiger partial charge >= 0.3 is 6.09 Å². The zero-order chi connectivity index (χ0) is 20.4. The Morgan fingerprint density at radius 2 is 1.96 bits per heavy atom. The second-order valence-electron chi connectivity index (χ2n) is 8.13. The molecule has 0 bridgehead atoms. The molecule has 1 fully saturated rings. The van der Waals surface area contributed by atoms with Gasteiger partial charge in [-0.15, -0.1) is 0 Å². The second-order valence-corrected chi connectivity index (χ2v) is 8.13. The molecule has 2 heterocycles.